The number of amides is 1. The zero-order chi connectivity index (χ0) is 52.1. The molecular weight excluding hydrogens is 941 g/mol. The van der Waals surface area contributed by atoms with E-state index in [-0.39, 0.29) is 41.8 Å². The summed E-state index contributed by atoms with van der Waals surface area (Å²) in [4.78, 5) is 30.0. The zero-order valence-corrected chi connectivity index (χ0v) is 45.6. The van der Waals surface area contributed by atoms with Crippen LogP contribution in [0, 0.1) is 27.7 Å². The van der Waals surface area contributed by atoms with E-state index in [0.29, 0.717) is 46.8 Å². The first-order valence-corrected chi connectivity index (χ1v) is 27.5. The Bertz CT molecular complexity index is 2470. The number of ether oxygens (including phenoxy) is 3. The van der Waals surface area contributed by atoms with Gasteiger partial charge in [-0.25, -0.2) is 21.1 Å². The summed E-state index contributed by atoms with van der Waals surface area (Å²) in [5.41, 5.74) is 7.89. The lowest BCUT2D eigenvalue weighted by Gasteiger charge is -2.22. The molecule has 17 heteroatoms. The van der Waals surface area contributed by atoms with Crippen LogP contribution in [0.4, 0.5) is 0 Å². The minimum Gasteiger partial charge on any atom is -0.497 e. The maximum Gasteiger partial charge on any atom is 0.293 e. The minimum absolute atomic E-state index is 0.0213. The Hall–Kier alpha value is -4.88. The molecule has 0 bridgehead atoms. The maximum absolute atomic E-state index is 13.2. The molecule has 392 valence electrons. The second-order valence-corrected chi connectivity index (χ2v) is 22.5. The minimum atomic E-state index is -3.71. The molecular formula is C54H80N6O9S2. The SMILES string of the molecule is CNCCc1ccc(CN2CCCC2)cc1.COc1cc(C)c(S(=O)(=O)N(C)CCC(=O)N(C)CCc2ccc(CN3CCCC3)cc2)c(C)c1.COc1cc(C)c(S(=O)(=O)N(C)CCOC=O)c(C)c1. The molecule has 4 aromatic rings. The quantitative estimate of drug-likeness (QED) is 0.0616. The Kier molecular flexibility index (Phi) is 24.0. The number of hydrogen-bond acceptors (Lipinski definition) is 12. The first kappa shape index (κ1) is 58.7. The summed E-state index contributed by atoms with van der Waals surface area (Å²) in [7, 11) is 2.50. The summed E-state index contributed by atoms with van der Waals surface area (Å²) in [6.07, 6.45) is 7.36. The summed E-state index contributed by atoms with van der Waals surface area (Å²) in [5.74, 6) is 1.17. The number of likely N-dealkylation sites (tertiary alicyclic amines) is 2. The van der Waals surface area contributed by atoms with Crippen molar-refractivity contribution in [3.8, 4) is 11.5 Å². The highest BCUT2D eigenvalue weighted by Gasteiger charge is 2.27. The van der Waals surface area contributed by atoms with Gasteiger partial charge in [0.25, 0.3) is 6.47 Å². The molecule has 0 atom stereocenters. The van der Waals surface area contributed by atoms with E-state index in [4.69, 9.17) is 9.47 Å². The normalized spacial score (nSPS) is 14.1. The van der Waals surface area contributed by atoms with E-state index in [0.717, 1.165) is 36.8 Å². The summed E-state index contributed by atoms with van der Waals surface area (Å²) in [6, 6.07) is 24.5. The number of benzene rings is 4. The molecule has 1 amide bonds. The Morgan fingerprint density at radius 2 is 0.986 bits per heavy atom. The summed E-state index contributed by atoms with van der Waals surface area (Å²) < 4.78 is 68.6. The Balaban J connectivity index is 0.000000256. The van der Waals surface area contributed by atoms with Crippen LogP contribution in [-0.2, 0) is 60.3 Å². The fourth-order valence-corrected chi connectivity index (χ4v) is 11.9. The van der Waals surface area contributed by atoms with Gasteiger partial charge in [-0.15, -0.1) is 0 Å². The molecule has 1 N–H and O–H groups in total. The smallest absolute Gasteiger partial charge is 0.293 e. The zero-order valence-electron chi connectivity index (χ0n) is 44.0. The highest BCUT2D eigenvalue weighted by Crippen LogP contribution is 2.29. The van der Waals surface area contributed by atoms with Crippen molar-refractivity contribution in [1.82, 2.24) is 28.6 Å². The van der Waals surface area contributed by atoms with Gasteiger partial charge in [0.05, 0.1) is 24.0 Å². The first-order valence-electron chi connectivity index (χ1n) is 24.6. The van der Waals surface area contributed by atoms with Crippen LogP contribution in [0.15, 0.2) is 82.6 Å². The van der Waals surface area contributed by atoms with Crippen LogP contribution >= 0.6 is 0 Å². The van der Waals surface area contributed by atoms with E-state index in [2.05, 4.69) is 68.4 Å². The molecule has 15 nitrogen and oxygen atoms in total. The van der Waals surface area contributed by atoms with Crippen LogP contribution in [0.1, 0.15) is 76.6 Å². The van der Waals surface area contributed by atoms with Crippen LogP contribution in [0.3, 0.4) is 0 Å². The van der Waals surface area contributed by atoms with Crippen molar-refractivity contribution in [2.24, 2.45) is 0 Å². The lowest BCUT2D eigenvalue weighted by Crippen LogP contribution is -2.34. The van der Waals surface area contributed by atoms with E-state index in [1.165, 1.54) is 99.6 Å². The lowest BCUT2D eigenvalue weighted by molar-refractivity contribution is -0.130. The standard InChI is InChI=1S/C27H39N3O4S.C14H22N2.C13H19NO5S/c1-21-18-25(34-5)19-22(2)27(21)35(32,33)29(4)17-13-26(31)28(3)16-12-23-8-10-24(11-9-23)20-30-14-6-7-15-30;1-15-9-8-13-4-6-14(7-5-13)12-16-10-2-3-11-16;1-10-7-12(18-4)8-11(2)13(10)20(16,17)14(3)5-6-19-9-15/h8-11,18-19H,6-7,12-17,20H2,1-5H3;4-7,15H,2-3,8-12H2,1H3;7-9H,5-6H2,1-4H3. The highest BCUT2D eigenvalue weighted by atomic mass is 32.2. The molecule has 0 unspecified atom stereocenters. The molecule has 4 aromatic carbocycles. The van der Waals surface area contributed by atoms with Gasteiger partial charge in [0.1, 0.15) is 18.1 Å². The average molecular weight is 1020 g/mol. The number of methoxy groups -OCH3 is 2. The van der Waals surface area contributed by atoms with Crippen molar-refractivity contribution >= 4 is 32.4 Å². The van der Waals surface area contributed by atoms with Crippen LogP contribution < -0.4 is 14.8 Å². The fraction of sp³-hybridized carbons (Fsp3) is 0.519. The lowest BCUT2D eigenvalue weighted by atomic mass is 10.1. The number of nitrogens with one attached hydrogen (secondary N) is 1. The molecule has 2 fully saturated rings. The van der Waals surface area contributed by atoms with Gasteiger partial charge in [0, 0.05) is 60.3 Å². The van der Waals surface area contributed by atoms with Crippen molar-refractivity contribution in [2.75, 3.05) is 101 Å². The van der Waals surface area contributed by atoms with E-state index in [1.54, 1.807) is 71.0 Å². The Morgan fingerprint density at radius 1 is 0.606 bits per heavy atom. The maximum atomic E-state index is 13.2. The fourth-order valence-electron chi connectivity index (χ4n) is 8.81. The molecule has 0 aliphatic carbocycles. The topological polar surface area (TPSA) is 158 Å². The van der Waals surface area contributed by atoms with E-state index < -0.39 is 20.0 Å². The van der Waals surface area contributed by atoms with E-state index >= 15 is 0 Å². The van der Waals surface area contributed by atoms with Gasteiger partial charge in [0.15, 0.2) is 0 Å². The first-order chi connectivity index (χ1) is 33.8. The summed E-state index contributed by atoms with van der Waals surface area (Å²) in [6.45, 7) is 16.2. The van der Waals surface area contributed by atoms with Crippen molar-refractivity contribution in [3.05, 3.63) is 117 Å². The monoisotopic (exact) mass is 1020 g/mol. The number of likely N-dealkylation sites (N-methyl/N-ethyl adjacent to an activating group) is 3. The molecule has 2 heterocycles. The molecule has 0 radical (unpaired) electrons. The van der Waals surface area contributed by atoms with Crippen molar-refractivity contribution in [1.29, 1.82) is 0 Å². The summed E-state index contributed by atoms with van der Waals surface area (Å²) >= 11 is 0. The average Bonchev–Trinajstić information content (AvgIpc) is 4.07. The van der Waals surface area contributed by atoms with Gasteiger partial charge in [-0.05, 0) is 175 Å². The predicted molar refractivity (Wildman–Crippen MR) is 282 cm³/mol. The number of carbonyl (C=O) groups excluding carboxylic acids is 2. The van der Waals surface area contributed by atoms with Crippen molar-refractivity contribution in [2.45, 2.75) is 95.5 Å². The Morgan fingerprint density at radius 3 is 1.37 bits per heavy atom. The Labute approximate surface area is 425 Å². The molecule has 2 aliphatic heterocycles. The van der Waals surface area contributed by atoms with Gasteiger partial charge < -0.3 is 24.4 Å². The van der Waals surface area contributed by atoms with Gasteiger partial charge in [-0.3, -0.25) is 19.4 Å². The van der Waals surface area contributed by atoms with Crippen LogP contribution in [-0.4, -0.2) is 154 Å². The third-order valence-corrected chi connectivity index (χ3v) is 17.3. The van der Waals surface area contributed by atoms with Gasteiger partial charge >= 0.3 is 0 Å². The molecule has 71 heavy (non-hydrogen) atoms. The van der Waals surface area contributed by atoms with Crippen molar-refractivity contribution < 1.29 is 40.6 Å². The largest absolute Gasteiger partial charge is 0.497 e. The second-order valence-electron chi connectivity index (χ2n) is 18.6. The van der Waals surface area contributed by atoms with Gasteiger partial charge in [0.2, 0.25) is 26.0 Å². The van der Waals surface area contributed by atoms with Crippen molar-refractivity contribution in [3.63, 3.8) is 0 Å². The van der Waals surface area contributed by atoms with E-state index in [1.807, 2.05) is 7.05 Å². The van der Waals surface area contributed by atoms with Crippen LogP contribution in [0.2, 0.25) is 0 Å². The number of hydrogen-bond donors (Lipinski definition) is 1. The third-order valence-electron chi connectivity index (χ3n) is 13.0. The van der Waals surface area contributed by atoms with E-state index in [9.17, 15) is 26.4 Å². The predicted octanol–water partition coefficient (Wildman–Crippen LogP) is 6.77. The van der Waals surface area contributed by atoms with Gasteiger partial charge in [-0.2, -0.15) is 4.31 Å². The number of nitrogens with zero attached hydrogens (tertiary/aromatic N) is 5. The molecule has 2 saturated heterocycles. The number of rotatable bonds is 23. The molecule has 2 aliphatic rings. The van der Waals surface area contributed by atoms with Crippen LogP contribution in [0.25, 0.3) is 0 Å². The number of carbonyl (C=O) groups is 2. The second kappa shape index (κ2) is 29.0. The molecule has 0 spiro atoms. The molecule has 0 saturated carbocycles. The molecule has 0 aromatic heterocycles. The third kappa shape index (κ3) is 18.0. The number of aryl methyl sites for hydroxylation is 4. The number of sulfonamides is 2. The molecule has 6 rings (SSSR count). The van der Waals surface area contributed by atoms with Crippen LogP contribution in [0.5, 0.6) is 11.5 Å². The highest BCUT2D eigenvalue weighted by molar-refractivity contribution is 7.89. The summed E-state index contributed by atoms with van der Waals surface area (Å²) in [5, 5.41) is 3.18. The van der Waals surface area contributed by atoms with Gasteiger partial charge in [-0.1, -0.05) is 48.5 Å².